The number of carbonyl (C=O) groups excluding carboxylic acids is 2. The molecule has 3 rings (SSSR count). The fourth-order valence-corrected chi connectivity index (χ4v) is 4.45. The Morgan fingerprint density at radius 3 is 2.61 bits per heavy atom. The topological polar surface area (TPSA) is 84.0 Å². The monoisotopic (exact) mass is 338 g/mol. The first kappa shape index (κ1) is 15.8. The summed E-state index contributed by atoms with van der Waals surface area (Å²) in [6, 6.07) is 8.39. The molecule has 2 saturated heterocycles. The third kappa shape index (κ3) is 3.03. The highest BCUT2D eigenvalue weighted by atomic mass is 32.2. The number of sulfonamides is 1. The maximum absolute atomic E-state index is 12.2. The summed E-state index contributed by atoms with van der Waals surface area (Å²) >= 11 is 0. The molecule has 124 valence electrons. The highest BCUT2D eigenvalue weighted by Gasteiger charge is 2.52. The smallest absolute Gasteiger partial charge is 0.410 e. The molecule has 0 aliphatic carbocycles. The number of hydrogen-bond donors (Lipinski definition) is 0. The molecular formula is C15H18N2O5S. The fraction of sp³-hybridized carbons (Fsp3) is 0.467. The fourth-order valence-electron chi connectivity index (χ4n) is 3.27. The van der Waals surface area contributed by atoms with Crippen molar-refractivity contribution in [2.24, 2.45) is 0 Å². The maximum atomic E-state index is 12.2. The van der Waals surface area contributed by atoms with Gasteiger partial charge in [0.1, 0.15) is 6.61 Å². The van der Waals surface area contributed by atoms with Gasteiger partial charge < -0.3 is 9.64 Å². The van der Waals surface area contributed by atoms with Gasteiger partial charge in [-0.1, -0.05) is 30.3 Å². The van der Waals surface area contributed by atoms with Crippen LogP contribution in [0.25, 0.3) is 0 Å². The summed E-state index contributed by atoms with van der Waals surface area (Å²) < 4.78 is 29.7. The quantitative estimate of drug-likeness (QED) is 0.819. The van der Waals surface area contributed by atoms with Crippen LogP contribution in [-0.2, 0) is 26.2 Å². The van der Waals surface area contributed by atoms with Gasteiger partial charge in [0.05, 0.1) is 24.8 Å². The highest BCUT2D eigenvalue weighted by Crippen LogP contribution is 2.34. The third-order valence-electron chi connectivity index (χ3n) is 4.24. The van der Waals surface area contributed by atoms with Crippen LogP contribution in [-0.4, -0.2) is 54.5 Å². The van der Waals surface area contributed by atoms with Crippen LogP contribution in [0.2, 0.25) is 0 Å². The average molecular weight is 338 g/mol. The van der Waals surface area contributed by atoms with Gasteiger partial charge in [0, 0.05) is 6.54 Å². The molecule has 1 aromatic rings. The van der Waals surface area contributed by atoms with Gasteiger partial charge in [-0.05, 0) is 12.0 Å². The second-order valence-corrected chi connectivity index (χ2v) is 7.67. The molecule has 2 aliphatic rings. The van der Waals surface area contributed by atoms with E-state index in [0.29, 0.717) is 13.0 Å². The Morgan fingerprint density at radius 2 is 1.96 bits per heavy atom. The van der Waals surface area contributed by atoms with Gasteiger partial charge >= 0.3 is 6.09 Å². The van der Waals surface area contributed by atoms with E-state index < -0.39 is 34.1 Å². The Balaban J connectivity index is 1.66. The van der Waals surface area contributed by atoms with Gasteiger partial charge in [0.2, 0.25) is 15.9 Å². The van der Waals surface area contributed by atoms with Crippen LogP contribution in [0.5, 0.6) is 0 Å². The summed E-state index contributed by atoms with van der Waals surface area (Å²) in [5, 5.41) is 0. The van der Waals surface area contributed by atoms with Gasteiger partial charge in [0.25, 0.3) is 0 Å². The van der Waals surface area contributed by atoms with Crippen LogP contribution >= 0.6 is 0 Å². The van der Waals surface area contributed by atoms with Crippen LogP contribution in [0.1, 0.15) is 18.4 Å². The molecule has 1 aromatic carbocycles. The Hall–Kier alpha value is -2.09. The normalized spacial score (nSPS) is 24.0. The number of nitrogens with zero attached hydrogens (tertiary/aromatic N) is 2. The summed E-state index contributed by atoms with van der Waals surface area (Å²) in [7, 11) is -3.61. The minimum atomic E-state index is -3.61. The molecule has 0 spiro atoms. The predicted octanol–water partition coefficient (Wildman–Crippen LogP) is 0.958. The molecule has 23 heavy (non-hydrogen) atoms. The Bertz CT molecular complexity index is 719. The SMILES string of the molecule is CS(=O)(=O)N1C(=O)C[C@@H]2[C@@H]1CCN2C(=O)OCc1ccccc1. The van der Waals surface area contributed by atoms with Crippen molar-refractivity contribution in [3.05, 3.63) is 35.9 Å². The van der Waals surface area contributed by atoms with E-state index in [0.717, 1.165) is 16.1 Å². The van der Waals surface area contributed by atoms with Crippen molar-refractivity contribution in [1.29, 1.82) is 0 Å². The van der Waals surface area contributed by atoms with Crippen LogP contribution in [0.3, 0.4) is 0 Å². The second-order valence-electron chi connectivity index (χ2n) is 5.81. The lowest BCUT2D eigenvalue weighted by molar-refractivity contribution is -0.124. The zero-order chi connectivity index (χ0) is 16.6. The number of benzene rings is 1. The van der Waals surface area contributed by atoms with Gasteiger partial charge in [-0.25, -0.2) is 17.5 Å². The van der Waals surface area contributed by atoms with E-state index in [-0.39, 0.29) is 13.0 Å². The van der Waals surface area contributed by atoms with Crippen molar-refractivity contribution >= 4 is 22.0 Å². The molecule has 2 amide bonds. The van der Waals surface area contributed by atoms with Crippen molar-refractivity contribution in [3.8, 4) is 0 Å². The first-order valence-corrected chi connectivity index (χ1v) is 9.22. The van der Waals surface area contributed by atoms with Crippen LogP contribution in [0.4, 0.5) is 4.79 Å². The molecule has 0 aromatic heterocycles. The zero-order valence-corrected chi connectivity index (χ0v) is 13.5. The van der Waals surface area contributed by atoms with E-state index in [1.807, 2.05) is 30.3 Å². The molecule has 0 unspecified atom stereocenters. The molecule has 2 aliphatic heterocycles. The molecule has 0 N–H and O–H groups in total. The van der Waals surface area contributed by atoms with E-state index >= 15 is 0 Å². The van der Waals surface area contributed by atoms with Crippen LogP contribution < -0.4 is 0 Å². The number of rotatable bonds is 3. The highest BCUT2D eigenvalue weighted by molar-refractivity contribution is 7.88. The van der Waals surface area contributed by atoms with E-state index in [2.05, 4.69) is 0 Å². The van der Waals surface area contributed by atoms with Crippen molar-refractivity contribution in [2.45, 2.75) is 31.5 Å². The van der Waals surface area contributed by atoms with Crippen molar-refractivity contribution < 1.29 is 22.7 Å². The first-order valence-electron chi connectivity index (χ1n) is 7.37. The summed E-state index contributed by atoms with van der Waals surface area (Å²) in [4.78, 5) is 25.7. The molecular weight excluding hydrogens is 320 g/mol. The number of fused-ring (bicyclic) bond motifs is 1. The molecule has 0 radical (unpaired) electrons. The number of hydrogen-bond acceptors (Lipinski definition) is 5. The molecule has 2 fully saturated rings. The zero-order valence-electron chi connectivity index (χ0n) is 12.7. The van der Waals surface area contributed by atoms with Crippen molar-refractivity contribution in [1.82, 2.24) is 9.21 Å². The minimum absolute atomic E-state index is 0.0260. The standard InChI is InChI=1S/C15H18N2O5S/c1-23(20,21)17-12-7-8-16(13(12)9-14(17)18)15(19)22-10-11-5-3-2-4-6-11/h2-6,12-13H,7-10H2,1H3/t12-,13+/m0/s1. The first-order chi connectivity index (χ1) is 10.9. The van der Waals surface area contributed by atoms with Gasteiger partial charge in [-0.2, -0.15) is 0 Å². The molecule has 0 bridgehead atoms. The lowest BCUT2D eigenvalue weighted by Crippen LogP contribution is -2.42. The van der Waals surface area contributed by atoms with E-state index in [1.54, 1.807) is 0 Å². The Labute approximate surface area is 134 Å². The molecule has 8 heteroatoms. The van der Waals surface area contributed by atoms with Crippen molar-refractivity contribution in [3.63, 3.8) is 0 Å². The number of amides is 2. The van der Waals surface area contributed by atoms with Crippen LogP contribution in [0.15, 0.2) is 30.3 Å². The minimum Gasteiger partial charge on any atom is -0.445 e. The number of ether oxygens (including phenoxy) is 1. The van der Waals surface area contributed by atoms with Gasteiger partial charge in [-0.3, -0.25) is 4.79 Å². The lowest BCUT2D eigenvalue weighted by atomic mass is 10.1. The molecule has 2 heterocycles. The lowest BCUT2D eigenvalue weighted by Gasteiger charge is -2.23. The molecule has 0 saturated carbocycles. The van der Waals surface area contributed by atoms with E-state index in [4.69, 9.17) is 4.74 Å². The van der Waals surface area contributed by atoms with E-state index in [1.165, 1.54) is 4.90 Å². The largest absolute Gasteiger partial charge is 0.445 e. The Morgan fingerprint density at radius 1 is 1.26 bits per heavy atom. The summed E-state index contributed by atoms with van der Waals surface area (Å²) in [5.74, 6) is -0.456. The van der Waals surface area contributed by atoms with Gasteiger partial charge in [0.15, 0.2) is 0 Å². The molecule has 2 atom stereocenters. The summed E-state index contributed by atoms with van der Waals surface area (Å²) in [6.45, 7) is 0.541. The van der Waals surface area contributed by atoms with Crippen LogP contribution in [0, 0.1) is 0 Å². The maximum Gasteiger partial charge on any atom is 0.410 e. The third-order valence-corrected chi connectivity index (χ3v) is 5.43. The Kier molecular flexibility index (Phi) is 4.01. The number of carbonyl (C=O) groups is 2. The van der Waals surface area contributed by atoms with E-state index in [9.17, 15) is 18.0 Å². The van der Waals surface area contributed by atoms with Crippen molar-refractivity contribution in [2.75, 3.05) is 12.8 Å². The summed E-state index contributed by atoms with van der Waals surface area (Å²) in [6.07, 6.45) is 0.982. The van der Waals surface area contributed by atoms with Gasteiger partial charge in [-0.15, -0.1) is 0 Å². The average Bonchev–Trinajstić information content (AvgIpc) is 3.02. The number of likely N-dealkylation sites (tertiary alicyclic amines) is 1. The predicted molar refractivity (Wildman–Crippen MR) is 81.8 cm³/mol. The molecule has 7 nitrogen and oxygen atoms in total. The second kappa shape index (κ2) is 5.84. The summed E-state index contributed by atoms with van der Waals surface area (Å²) in [5.41, 5.74) is 0.872.